The Morgan fingerprint density at radius 3 is 2.05 bits per heavy atom. The Bertz CT molecular complexity index is 1640. The predicted molar refractivity (Wildman–Crippen MR) is 190 cm³/mol. The molecule has 0 unspecified atom stereocenters. The van der Waals surface area contributed by atoms with Gasteiger partial charge in [-0.2, -0.15) is 0 Å². The van der Waals surface area contributed by atoms with Crippen molar-refractivity contribution in [1.29, 1.82) is 0 Å². The zero-order valence-electron chi connectivity index (χ0n) is 31.2. The molecule has 57 heavy (non-hydrogen) atoms. The molecule has 2 aromatic carbocycles. The van der Waals surface area contributed by atoms with Gasteiger partial charge in [-0.15, -0.1) is 0 Å². The topological polar surface area (TPSA) is 302 Å². The predicted octanol–water partition coefficient (Wildman–Crippen LogP) is -2.59. The minimum Gasteiger partial charge on any atom is -0.504 e. The first-order valence-electron chi connectivity index (χ1n) is 18.0. The van der Waals surface area contributed by atoms with Gasteiger partial charge in [0.2, 0.25) is 0 Å². The molecule has 318 valence electrons. The number of hydrogen-bond acceptors (Lipinski definition) is 20. The van der Waals surface area contributed by atoms with Crippen molar-refractivity contribution in [3.63, 3.8) is 0 Å². The number of ether oxygens (including phenoxy) is 9. The van der Waals surface area contributed by atoms with E-state index in [1.807, 2.05) is 0 Å². The molecule has 10 N–H and O–H groups in total. The van der Waals surface area contributed by atoms with Gasteiger partial charge >= 0.3 is 5.97 Å². The molecule has 3 saturated heterocycles. The highest BCUT2D eigenvalue weighted by Gasteiger charge is 2.53. The van der Waals surface area contributed by atoms with Crippen molar-refractivity contribution in [3.8, 4) is 23.0 Å². The maximum Gasteiger partial charge on any atom is 0.331 e. The molecule has 0 saturated carbocycles. The van der Waals surface area contributed by atoms with Crippen LogP contribution in [0.25, 0.3) is 6.08 Å². The van der Waals surface area contributed by atoms with Crippen molar-refractivity contribution >= 4 is 12.0 Å². The number of aliphatic hydroxyl groups is 8. The van der Waals surface area contributed by atoms with Gasteiger partial charge in [-0.05, 0) is 54.8 Å². The molecule has 5 rings (SSSR count). The van der Waals surface area contributed by atoms with Crippen LogP contribution in [0, 0.1) is 0 Å². The van der Waals surface area contributed by atoms with Gasteiger partial charge in [0.1, 0.15) is 61.0 Å². The second-order valence-corrected chi connectivity index (χ2v) is 13.6. The standard InChI is InChI=1S/C37H50O20/c1-16-26(42)28(44)31(47)37(53-16)57-34-32(48)36(51-11-10-18-5-8-21(49-2)20(40)12-18)55-24(15-52-35-30(46)29(45)27(43)23(14-38)54-35)33(34)56-25(41)9-6-17-4-7-19(39)22(13-17)50-3/h4-9,12-13,16,23-24,26-40,42-48H,10-11,14-15H2,1-3H3/t16-,23+,24+,26-,27-,28+,29-,30+,31+,32+,33+,34+,35+,36+,37-/m0/s1. The van der Waals surface area contributed by atoms with E-state index in [0.29, 0.717) is 11.1 Å². The fourth-order valence-electron chi connectivity index (χ4n) is 6.46. The van der Waals surface area contributed by atoms with E-state index >= 15 is 0 Å². The van der Waals surface area contributed by atoms with Crippen molar-refractivity contribution < 1.29 is 98.5 Å². The van der Waals surface area contributed by atoms with E-state index in [1.165, 1.54) is 51.5 Å². The molecular weight excluding hydrogens is 764 g/mol. The Kier molecular flexibility index (Phi) is 15.4. The molecule has 20 heteroatoms. The van der Waals surface area contributed by atoms with E-state index in [0.717, 1.165) is 6.08 Å². The van der Waals surface area contributed by atoms with E-state index in [2.05, 4.69) is 0 Å². The molecule has 0 aromatic heterocycles. The number of carbonyl (C=O) groups excluding carboxylic acids is 1. The lowest BCUT2D eigenvalue weighted by atomic mass is 9.96. The highest BCUT2D eigenvalue weighted by atomic mass is 16.8. The zero-order valence-corrected chi connectivity index (χ0v) is 31.2. The van der Waals surface area contributed by atoms with E-state index in [-0.39, 0.29) is 36.0 Å². The van der Waals surface area contributed by atoms with Gasteiger partial charge in [-0.3, -0.25) is 0 Å². The van der Waals surface area contributed by atoms with E-state index in [9.17, 15) is 55.9 Å². The molecule has 3 fully saturated rings. The van der Waals surface area contributed by atoms with Crippen LogP contribution >= 0.6 is 0 Å². The van der Waals surface area contributed by atoms with Crippen LogP contribution in [0.3, 0.4) is 0 Å². The summed E-state index contributed by atoms with van der Waals surface area (Å²) >= 11 is 0. The third-order valence-corrected chi connectivity index (χ3v) is 9.77. The third-order valence-electron chi connectivity index (χ3n) is 9.77. The lowest BCUT2D eigenvalue weighted by Crippen LogP contribution is -2.65. The molecule has 0 amide bonds. The number of methoxy groups -OCH3 is 2. The lowest BCUT2D eigenvalue weighted by Gasteiger charge is -2.47. The van der Waals surface area contributed by atoms with Crippen molar-refractivity contribution in [3.05, 3.63) is 53.6 Å². The number of phenolic OH excluding ortho intramolecular Hbond substituents is 2. The summed E-state index contributed by atoms with van der Waals surface area (Å²) in [7, 11) is 2.73. The van der Waals surface area contributed by atoms with Gasteiger partial charge in [-0.25, -0.2) is 4.79 Å². The monoisotopic (exact) mass is 814 g/mol. The van der Waals surface area contributed by atoms with Crippen molar-refractivity contribution in [1.82, 2.24) is 0 Å². The van der Waals surface area contributed by atoms with E-state index in [1.54, 1.807) is 12.1 Å². The van der Waals surface area contributed by atoms with Crippen molar-refractivity contribution in [2.45, 2.75) is 105 Å². The summed E-state index contributed by atoms with van der Waals surface area (Å²) in [6.45, 7) is -0.132. The Morgan fingerprint density at radius 2 is 1.37 bits per heavy atom. The largest absolute Gasteiger partial charge is 0.504 e. The number of benzene rings is 2. The molecule has 3 heterocycles. The zero-order chi connectivity index (χ0) is 41.6. The molecule has 15 atom stereocenters. The minimum absolute atomic E-state index is 0.121. The summed E-state index contributed by atoms with van der Waals surface area (Å²) < 4.78 is 50.8. The Balaban J connectivity index is 1.44. The van der Waals surface area contributed by atoms with Crippen molar-refractivity contribution in [2.75, 3.05) is 34.0 Å². The van der Waals surface area contributed by atoms with Gasteiger partial charge in [0.05, 0.1) is 40.1 Å². The maximum absolute atomic E-state index is 13.4. The fourth-order valence-corrected chi connectivity index (χ4v) is 6.46. The molecule has 0 radical (unpaired) electrons. The molecule has 0 spiro atoms. The average molecular weight is 815 g/mol. The number of esters is 1. The molecule has 20 nitrogen and oxygen atoms in total. The van der Waals surface area contributed by atoms with Gasteiger partial charge in [0, 0.05) is 6.08 Å². The highest BCUT2D eigenvalue weighted by molar-refractivity contribution is 5.87. The van der Waals surface area contributed by atoms with Crippen LogP contribution in [0.15, 0.2) is 42.5 Å². The maximum atomic E-state index is 13.4. The van der Waals surface area contributed by atoms with Gasteiger partial charge in [-0.1, -0.05) is 12.1 Å². The molecule has 0 aliphatic carbocycles. The summed E-state index contributed by atoms with van der Waals surface area (Å²) in [4.78, 5) is 13.4. The normalized spacial score (nSPS) is 35.9. The molecule has 3 aliphatic rings. The number of carbonyl (C=O) groups is 1. The number of aromatic hydroxyl groups is 2. The Morgan fingerprint density at radius 1 is 0.702 bits per heavy atom. The second kappa shape index (κ2) is 19.8. The summed E-state index contributed by atoms with van der Waals surface area (Å²) in [5.74, 6) is -0.938. The smallest absolute Gasteiger partial charge is 0.331 e. The van der Waals surface area contributed by atoms with Gasteiger partial charge < -0.3 is 93.7 Å². The molecule has 3 aliphatic heterocycles. The molecular formula is C37H50O20. The Labute approximate surface area is 326 Å². The van der Waals surface area contributed by atoms with Gasteiger partial charge in [0.15, 0.2) is 48.0 Å². The quantitative estimate of drug-likeness (QED) is 0.0652. The van der Waals surface area contributed by atoms with Crippen LogP contribution in [0.5, 0.6) is 23.0 Å². The van der Waals surface area contributed by atoms with Crippen LogP contribution in [-0.4, -0.2) is 183 Å². The minimum atomic E-state index is -1.86. The first-order chi connectivity index (χ1) is 27.2. The third kappa shape index (κ3) is 10.5. The van der Waals surface area contributed by atoms with Gasteiger partial charge in [0.25, 0.3) is 0 Å². The summed E-state index contributed by atoms with van der Waals surface area (Å²) in [5, 5.41) is 104. The fraction of sp³-hybridized carbons (Fsp3) is 0.595. The number of aliphatic hydroxyl groups excluding tert-OH is 8. The van der Waals surface area contributed by atoms with Crippen LogP contribution in [-0.2, 0) is 44.4 Å². The van der Waals surface area contributed by atoms with Crippen molar-refractivity contribution in [2.24, 2.45) is 0 Å². The van der Waals surface area contributed by atoms with E-state index < -0.39 is 111 Å². The summed E-state index contributed by atoms with van der Waals surface area (Å²) in [6, 6.07) is 8.92. The van der Waals surface area contributed by atoms with E-state index in [4.69, 9.17) is 42.6 Å². The summed E-state index contributed by atoms with van der Waals surface area (Å²) in [5.41, 5.74) is 1.02. The van der Waals surface area contributed by atoms with Crippen LogP contribution in [0.2, 0.25) is 0 Å². The summed E-state index contributed by atoms with van der Waals surface area (Å²) in [6.07, 6.45) is -22.0. The number of rotatable bonds is 15. The number of phenols is 2. The lowest BCUT2D eigenvalue weighted by molar-refractivity contribution is -0.364. The van der Waals surface area contributed by atoms with Crippen LogP contribution in [0.1, 0.15) is 18.1 Å². The second-order valence-electron chi connectivity index (χ2n) is 13.6. The molecule has 2 aromatic rings. The average Bonchev–Trinajstić information content (AvgIpc) is 3.20. The highest BCUT2D eigenvalue weighted by Crippen LogP contribution is 2.33. The van der Waals surface area contributed by atoms with Crippen LogP contribution in [0.4, 0.5) is 0 Å². The first-order valence-corrected chi connectivity index (χ1v) is 18.0. The Hall–Kier alpha value is -3.71. The molecule has 0 bridgehead atoms. The first kappa shape index (κ1) is 44.4. The van der Waals surface area contributed by atoms with Crippen LogP contribution < -0.4 is 9.47 Å². The number of hydrogen-bond donors (Lipinski definition) is 10. The SMILES string of the molecule is COc1ccc(CCO[C@@H]2O[C@H](CO[C@@H]3O[C@H](CO)[C@H](O)[C@H](O)[C@H]3O)[C@@H](OC(=O)C=Cc3ccc(O)c(OC)c3)[C@H](O[C@@H]3O[C@@H](C)[C@H](O)[C@@H](O)[C@H]3O)[C@H]2O)cc1O.